The number of pyridine rings is 1. The Hall–Kier alpha value is -2.87. The second kappa shape index (κ2) is 8.47. The van der Waals surface area contributed by atoms with E-state index < -0.39 is 5.97 Å². The van der Waals surface area contributed by atoms with E-state index in [1.807, 2.05) is 4.90 Å². The first-order chi connectivity index (χ1) is 14.4. The third-order valence-electron chi connectivity index (χ3n) is 5.59. The van der Waals surface area contributed by atoms with E-state index in [0.717, 1.165) is 12.8 Å². The number of anilines is 1. The number of carbonyl (C=O) groups is 2. The molecule has 0 saturated carbocycles. The van der Waals surface area contributed by atoms with Crippen LogP contribution < -0.4 is 10.1 Å². The van der Waals surface area contributed by atoms with Gasteiger partial charge in [0.25, 0.3) is 0 Å². The Kier molecular flexibility index (Phi) is 5.76. The Bertz CT molecular complexity index is 942. The van der Waals surface area contributed by atoms with Gasteiger partial charge in [0.05, 0.1) is 11.6 Å². The summed E-state index contributed by atoms with van der Waals surface area (Å²) >= 11 is 5.81. The number of aromatic carboxylic acids is 1. The Morgan fingerprint density at radius 3 is 2.53 bits per heavy atom. The van der Waals surface area contributed by atoms with Gasteiger partial charge in [0.1, 0.15) is 29.1 Å². The lowest BCUT2D eigenvalue weighted by Gasteiger charge is -2.39. The number of rotatable bonds is 6. The molecular weight excluding hydrogens is 413 g/mol. The summed E-state index contributed by atoms with van der Waals surface area (Å²) in [4.78, 5) is 30.1. The topological polar surface area (TPSA) is 91.8 Å². The molecule has 2 aliphatic rings. The van der Waals surface area contributed by atoms with Crippen molar-refractivity contribution in [2.45, 2.75) is 43.9 Å². The summed E-state index contributed by atoms with van der Waals surface area (Å²) < 4.78 is 19.1. The number of amides is 1. The van der Waals surface area contributed by atoms with Gasteiger partial charge in [0, 0.05) is 31.1 Å². The standard InChI is InChI=1S/C21H21ClFN3O4/c22-12-7-18(21(28)29)20(24-10-12)25-11-19(27)26-14-3-4-15(26)9-17(8-14)30-16-5-1-13(23)2-6-16/h1-2,5-7,10,14-15,17H,3-4,8-9,11H2,(H,24,25)(H,28,29). The summed E-state index contributed by atoms with van der Waals surface area (Å²) in [6.45, 7) is -0.0502. The van der Waals surface area contributed by atoms with Crippen molar-refractivity contribution in [3.8, 4) is 5.75 Å². The number of hydrogen-bond donors (Lipinski definition) is 2. The van der Waals surface area contributed by atoms with Gasteiger partial charge in [-0.05, 0) is 43.2 Å². The van der Waals surface area contributed by atoms with Crippen LogP contribution in [0.5, 0.6) is 5.75 Å². The molecule has 2 aliphatic heterocycles. The molecule has 1 amide bonds. The number of ether oxygens (including phenoxy) is 1. The molecule has 0 aliphatic carbocycles. The Labute approximate surface area is 177 Å². The van der Waals surface area contributed by atoms with Crippen LogP contribution in [0.2, 0.25) is 5.02 Å². The molecule has 30 heavy (non-hydrogen) atoms. The largest absolute Gasteiger partial charge is 0.490 e. The van der Waals surface area contributed by atoms with E-state index in [1.165, 1.54) is 24.4 Å². The highest BCUT2D eigenvalue weighted by Crippen LogP contribution is 2.37. The number of fused-ring (bicyclic) bond motifs is 2. The van der Waals surface area contributed by atoms with Crippen molar-refractivity contribution in [2.24, 2.45) is 0 Å². The fourth-order valence-electron chi connectivity index (χ4n) is 4.33. The lowest BCUT2D eigenvalue weighted by Crippen LogP contribution is -2.51. The summed E-state index contributed by atoms with van der Waals surface area (Å²) in [6, 6.07) is 7.39. The predicted octanol–water partition coefficient (Wildman–Crippen LogP) is 3.59. The van der Waals surface area contributed by atoms with Crippen LogP contribution in [0.25, 0.3) is 0 Å². The van der Waals surface area contributed by atoms with E-state index in [-0.39, 0.29) is 52.9 Å². The summed E-state index contributed by atoms with van der Waals surface area (Å²) in [6.07, 6.45) is 4.53. The molecule has 2 bridgehead atoms. The minimum atomic E-state index is -1.17. The first-order valence-electron chi connectivity index (χ1n) is 9.77. The van der Waals surface area contributed by atoms with Crippen LogP contribution in [0.3, 0.4) is 0 Å². The quantitative estimate of drug-likeness (QED) is 0.723. The molecule has 1 aromatic carbocycles. The van der Waals surface area contributed by atoms with Crippen LogP contribution in [0.15, 0.2) is 36.5 Å². The summed E-state index contributed by atoms with van der Waals surface area (Å²) in [5.74, 6) is -0.842. The minimum Gasteiger partial charge on any atom is -0.490 e. The van der Waals surface area contributed by atoms with E-state index in [4.69, 9.17) is 16.3 Å². The molecule has 2 N–H and O–H groups in total. The molecule has 2 aromatic rings. The van der Waals surface area contributed by atoms with Crippen molar-refractivity contribution in [2.75, 3.05) is 11.9 Å². The number of aromatic nitrogens is 1. The zero-order valence-electron chi connectivity index (χ0n) is 16.1. The van der Waals surface area contributed by atoms with Crippen molar-refractivity contribution in [3.63, 3.8) is 0 Å². The molecule has 2 atom stereocenters. The zero-order valence-corrected chi connectivity index (χ0v) is 16.8. The van der Waals surface area contributed by atoms with Gasteiger partial charge in [-0.3, -0.25) is 4.79 Å². The second-order valence-corrected chi connectivity index (χ2v) is 8.00. The normalized spacial score (nSPS) is 22.6. The Balaban J connectivity index is 1.37. The maximum absolute atomic E-state index is 13.1. The number of carboxylic acid groups (broad SMARTS) is 1. The van der Waals surface area contributed by atoms with Crippen LogP contribution in [-0.4, -0.2) is 51.6 Å². The van der Waals surface area contributed by atoms with Gasteiger partial charge in [-0.15, -0.1) is 0 Å². The van der Waals surface area contributed by atoms with Gasteiger partial charge in [-0.25, -0.2) is 14.2 Å². The number of hydrogen-bond acceptors (Lipinski definition) is 5. The van der Waals surface area contributed by atoms with Crippen LogP contribution in [0.4, 0.5) is 10.2 Å². The number of piperidine rings is 1. The maximum Gasteiger partial charge on any atom is 0.339 e. The first kappa shape index (κ1) is 20.4. The molecule has 158 valence electrons. The number of carboxylic acids is 1. The molecule has 9 heteroatoms. The number of benzene rings is 1. The van der Waals surface area contributed by atoms with Crippen molar-refractivity contribution in [3.05, 3.63) is 52.9 Å². The summed E-state index contributed by atoms with van der Waals surface area (Å²) in [5, 5.41) is 12.3. The van der Waals surface area contributed by atoms with Crippen molar-refractivity contribution in [1.82, 2.24) is 9.88 Å². The van der Waals surface area contributed by atoms with Crippen molar-refractivity contribution in [1.29, 1.82) is 0 Å². The highest BCUT2D eigenvalue weighted by atomic mass is 35.5. The summed E-state index contributed by atoms with van der Waals surface area (Å²) in [5.41, 5.74) is -0.0790. The maximum atomic E-state index is 13.1. The van der Waals surface area contributed by atoms with Gasteiger partial charge in [-0.2, -0.15) is 0 Å². The Morgan fingerprint density at radius 1 is 1.23 bits per heavy atom. The van der Waals surface area contributed by atoms with Gasteiger partial charge < -0.3 is 20.1 Å². The van der Waals surface area contributed by atoms with E-state index in [0.29, 0.717) is 18.6 Å². The molecule has 1 aromatic heterocycles. The fourth-order valence-corrected chi connectivity index (χ4v) is 4.49. The zero-order chi connectivity index (χ0) is 21.3. The lowest BCUT2D eigenvalue weighted by atomic mass is 9.99. The Morgan fingerprint density at radius 2 is 1.90 bits per heavy atom. The van der Waals surface area contributed by atoms with E-state index >= 15 is 0 Å². The minimum absolute atomic E-state index is 0.0264. The average Bonchev–Trinajstić information content (AvgIpc) is 2.99. The number of nitrogens with one attached hydrogen (secondary N) is 1. The van der Waals surface area contributed by atoms with Crippen LogP contribution in [0, 0.1) is 5.82 Å². The van der Waals surface area contributed by atoms with Crippen LogP contribution in [0.1, 0.15) is 36.0 Å². The smallest absolute Gasteiger partial charge is 0.339 e. The molecule has 0 radical (unpaired) electrons. The number of nitrogens with zero attached hydrogens (tertiary/aromatic N) is 2. The van der Waals surface area contributed by atoms with E-state index in [9.17, 15) is 19.1 Å². The van der Waals surface area contributed by atoms with Gasteiger partial charge in [0.15, 0.2) is 0 Å². The number of carbonyl (C=O) groups excluding carboxylic acids is 1. The van der Waals surface area contributed by atoms with Crippen LogP contribution in [-0.2, 0) is 4.79 Å². The van der Waals surface area contributed by atoms with E-state index in [2.05, 4.69) is 10.3 Å². The fraction of sp³-hybridized carbons (Fsp3) is 0.381. The molecule has 2 fully saturated rings. The molecule has 2 saturated heterocycles. The van der Waals surface area contributed by atoms with Gasteiger partial charge >= 0.3 is 5.97 Å². The monoisotopic (exact) mass is 433 g/mol. The molecule has 4 rings (SSSR count). The van der Waals surface area contributed by atoms with Crippen LogP contribution >= 0.6 is 11.6 Å². The third kappa shape index (κ3) is 4.33. The van der Waals surface area contributed by atoms with Crippen molar-refractivity contribution >= 4 is 29.3 Å². The SMILES string of the molecule is O=C(O)c1cc(Cl)cnc1NCC(=O)N1C2CCC1CC(Oc1ccc(F)cc1)C2. The van der Waals surface area contributed by atoms with E-state index in [1.54, 1.807) is 12.1 Å². The highest BCUT2D eigenvalue weighted by Gasteiger charge is 2.43. The number of halogens is 2. The highest BCUT2D eigenvalue weighted by molar-refractivity contribution is 6.30. The van der Waals surface area contributed by atoms with Gasteiger partial charge in [-0.1, -0.05) is 11.6 Å². The molecule has 2 unspecified atom stereocenters. The lowest BCUT2D eigenvalue weighted by molar-refractivity contribution is -0.135. The third-order valence-corrected chi connectivity index (χ3v) is 5.79. The molecule has 3 heterocycles. The molecular formula is C21H21ClFN3O4. The average molecular weight is 434 g/mol. The van der Waals surface area contributed by atoms with Crippen molar-refractivity contribution < 1.29 is 23.8 Å². The van der Waals surface area contributed by atoms with Gasteiger partial charge in [0.2, 0.25) is 5.91 Å². The second-order valence-electron chi connectivity index (χ2n) is 7.56. The molecule has 7 nitrogen and oxygen atoms in total. The summed E-state index contributed by atoms with van der Waals surface area (Å²) in [7, 11) is 0. The molecule has 0 spiro atoms. The first-order valence-corrected chi connectivity index (χ1v) is 10.1. The predicted molar refractivity (Wildman–Crippen MR) is 108 cm³/mol.